The summed E-state index contributed by atoms with van der Waals surface area (Å²) in [6.45, 7) is 0.900. The third-order valence-corrected chi connectivity index (χ3v) is 5.27. The Hall–Kier alpha value is -0.440. The third kappa shape index (κ3) is 1.36. The summed E-state index contributed by atoms with van der Waals surface area (Å²) in [7, 11) is 0. The molecule has 0 aromatic rings. The van der Waals surface area contributed by atoms with E-state index >= 15 is 0 Å². The monoisotopic (exact) mass is 209 g/mol. The maximum absolute atomic E-state index is 10.4. The van der Waals surface area contributed by atoms with Crippen LogP contribution in [0.15, 0.2) is 5.18 Å². The van der Waals surface area contributed by atoms with Gasteiger partial charge < -0.3 is 5.11 Å². The van der Waals surface area contributed by atoms with Gasteiger partial charge in [-0.3, -0.25) is 0 Å². The highest BCUT2D eigenvalue weighted by molar-refractivity contribution is 5.04. The lowest BCUT2D eigenvalue weighted by molar-refractivity contribution is 0.193. The van der Waals surface area contributed by atoms with Gasteiger partial charge in [0.1, 0.15) is 0 Å². The molecule has 0 aliphatic heterocycles. The van der Waals surface area contributed by atoms with Gasteiger partial charge in [0, 0.05) is 6.61 Å². The van der Waals surface area contributed by atoms with Crippen molar-refractivity contribution in [2.24, 2.45) is 40.7 Å². The van der Waals surface area contributed by atoms with Gasteiger partial charge in [-0.05, 0) is 61.2 Å². The average molecular weight is 209 g/mol. The second kappa shape index (κ2) is 3.55. The highest BCUT2D eigenvalue weighted by Gasteiger charge is 2.55. The number of hydrogen-bond acceptors (Lipinski definition) is 3. The first-order chi connectivity index (χ1) is 7.33. The van der Waals surface area contributed by atoms with Crippen LogP contribution in [0.25, 0.3) is 0 Å². The summed E-state index contributed by atoms with van der Waals surface area (Å²) in [5.41, 5.74) is 0. The smallest absolute Gasteiger partial charge is 0.0842 e. The Kier molecular flexibility index (Phi) is 2.31. The Morgan fingerprint density at radius 3 is 2.60 bits per heavy atom. The van der Waals surface area contributed by atoms with E-state index in [1.54, 1.807) is 0 Å². The zero-order valence-electron chi connectivity index (χ0n) is 9.01. The minimum Gasteiger partial charge on any atom is -0.396 e. The molecule has 0 heterocycles. The van der Waals surface area contributed by atoms with Crippen LogP contribution in [0.3, 0.4) is 0 Å². The normalized spacial score (nSPS) is 52.1. The predicted octanol–water partition coefficient (Wildman–Crippen LogP) is 2.04. The second-order valence-corrected chi connectivity index (χ2v) is 5.81. The predicted molar refractivity (Wildman–Crippen MR) is 57.2 cm³/mol. The quantitative estimate of drug-likeness (QED) is 0.723. The Morgan fingerprint density at radius 1 is 1.07 bits per heavy atom. The van der Waals surface area contributed by atoms with Gasteiger partial charge in [-0.25, -0.2) is 0 Å². The molecule has 6 unspecified atom stereocenters. The molecular weight excluding hydrogens is 190 g/mol. The van der Waals surface area contributed by atoms with Crippen molar-refractivity contribution in [3.63, 3.8) is 0 Å². The van der Waals surface area contributed by atoms with Gasteiger partial charge in [0.05, 0.1) is 6.54 Å². The second-order valence-electron chi connectivity index (χ2n) is 5.81. The zero-order chi connectivity index (χ0) is 10.4. The Labute approximate surface area is 90.2 Å². The number of fused-ring (bicyclic) bond motifs is 5. The van der Waals surface area contributed by atoms with Gasteiger partial charge in [0.25, 0.3) is 0 Å². The molecule has 15 heavy (non-hydrogen) atoms. The molecule has 3 saturated carbocycles. The minimum atomic E-state index is 0.364. The maximum atomic E-state index is 10.4. The number of rotatable bonds is 3. The van der Waals surface area contributed by atoms with Gasteiger partial charge >= 0.3 is 0 Å². The van der Waals surface area contributed by atoms with E-state index in [9.17, 15) is 10.0 Å². The van der Waals surface area contributed by atoms with Crippen molar-refractivity contribution in [3.8, 4) is 0 Å². The highest BCUT2D eigenvalue weighted by atomic mass is 16.3. The molecule has 0 radical (unpaired) electrons. The zero-order valence-corrected chi connectivity index (χ0v) is 9.01. The van der Waals surface area contributed by atoms with Crippen LogP contribution in [0.1, 0.15) is 25.7 Å². The molecule has 0 amide bonds. The van der Waals surface area contributed by atoms with Crippen molar-refractivity contribution in [2.75, 3.05) is 13.2 Å². The van der Waals surface area contributed by atoms with Crippen molar-refractivity contribution in [1.29, 1.82) is 0 Å². The molecular formula is C12H19NO2. The van der Waals surface area contributed by atoms with Crippen LogP contribution < -0.4 is 0 Å². The number of nitrogens with zero attached hydrogens (tertiary/aromatic N) is 1. The lowest BCUT2D eigenvalue weighted by atomic mass is 9.76. The molecule has 6 atom stereocenters. The summed E-state index contributed by atoms with van der Waals surface area (Å²) < 4.78 is 0. The Balaban J connectivity index is 1.72. The summed E-state index contributed by atoms with van der Waals surface area (Å²) in [5.74, 6) is 4.42. The molecule has 84 valence electrons. The van der Waals surface area contributed by atoms with Crippen molar-refractivity contribution >= 4 is 0 Å². The topological polar surface area (TPSA) is 49.7 Å². The van der Waals surface area contributed by atoms with E-state index in [0.717, 1.165) is 23.7 Å². The van der Waals surface area contributed by atoms with E-state index in [1.165, 1.54) is 25.7 Å². The summed E-state index contributed by atoms with van der Waals surface area (Å²) in [5, 5.41) is 12.3. The van der Waals surface area contributed by atoms with E-state index in [4.69, 9.17) is 0 Å². The average Bonchev–Trinajstić information content (AvgIpc) is 2.86. The SMILES string of the molecule is O=NCC1CC2CC1C1CC(CO)CC21. The Morgan fingerprint density at radius 2 is 1.87 bits per heavy atom. The van der Waals surface area contributed by atoms with E-state index < -0.39 is 0 Å². The summed E-state index contributed by atoms with van der Waals surface area (Å²) in [4.78, 5) is 10.4. The van der Waals surface area contributed by atoms with Crippen LogP contribution in [0, 0.1) is 40.4 Å². The molecule has 3 rings (SSSR count). The van der Waals surface area contributed by atoms with E-state index in [2.05, 4.69) is 5.18 Å². The van der Waals surface area contributed by atoms with Crippen molar-refractivity contribution < 1.29 is 5.11 Å². The molecule has 3 aliphatic carbocycles. The number of nitroso groups, excluding NO2 is 1. The van der Waals surface area contributed by atoms with E-state index in [-0.39, 0.29) is 0 Å². The standard InChI is InChI=1S/C12H19NO2/c14-6-7-1-10-8-3-9(5-13-15)11(4-8)12(10)2-7/h7-12,14H,1-6H2. The minimum absolute atomic E-state index is 0.364. The molecule has 0 aromatic carbocycles. The van der Waals surface area contributed by atoms with E-state index in [1.807, 2.05) is 0 Å². The maximum Gasteiger partial charge on any atom is 0.0842 e. The first-order valence-corrected chi connectivity index (χ1v) is 6.23. The summed E-state index contributed by atoms with van der Waals surface area (Å²) >= 11 is 0. The summed E-state index contributed by atoms with van der Waals surface area (Å²) in [6, 6.07) is 0. The van der Waals surface area contributed by atoms with E-state index in [0.29, 0.717) is 25.0 Å². The van der Waals surface area contributed by atoms with Crippen LogP contribution >= 0.6 is 0 Å². The number of aliphatic hydroxyl groups excluding tert-OH is 1. The molecule has 0 aromatic heterocycles. The van der Waals surface area contributed by atoms with Gasteiger partial charge in [-0.1, -0.05) is 5.18 Å². The van der Waals surface area contributed by atoms with Gasteiger partial charge in [-0.15, -0.1) is 0 Å². The van der Waals surface area contributed by atoms with Crippen LogP contribution in [0.5, 0.6) is 0 Å². The van der Waals surface area contributed by atoms with Crippen LogP contribution in [0.2, 0.25) is 0 Å². The van der Waals surface area contributed by atoms with Crippen molar-refractivity contribution in [1.82, 2.24) is 0 Å². The lowest BCUT2D eigenvalue weighted by Gasteiger charge is -2.29. The molecule has 3 nitrogen and oxygen atoms in total. The fourth-order valence-corrected chi connectivity index (χ4v) is 4.78. The largest absolute Gasteiger partial charge is 0.396 e. The van der Waals surface area contributed by atoms with Crippen molar-refractivity contribution in [2.45, 2.75) is 25.7 Å². The van der Waals surface area contributed by atoms with Crippen LogP contribution in [0.4, 0.5) is 0 Å². The fourth-order valence-electron chi connectivity index (χ4n) is 4.78. The Bertz CT molecular complexity index is 268. The fraction of sp³-hybridized carbons (Fsp3) is 1.00. The molecule has 3 aliphatic rings. The van der Waals surface area contributed by atoms with Gasteiger partial charge in [0.2, 0.25) is 0 Å². The highest BCUT2D eigenvalue weighted by Crippen LogP contribution is 2.62. The summed E-state index contributed by atoms with van der Waals surface area (Å²) in [6.07, 6.45) is 5.02. The third-order valence-electron chi connectivity index (χ3n) is 5.27. The van der Waals surface area contributed by atoms with Crippen LogP contribution in [-0.2, 0) is 0 Å². The van der Waals surface area contributed by atoms with Gasteiger partial charge in [-0.2, -0.15) is 4.91 Å². The molecule has 1 N–H and O–H groups in total. The molecule has 3 fully saturated rings. The molecule has 2 bridgehead atoms. The molecule has 0 saturated heterocycles. The molecule has 3 heteroatoms. The molecule has 0 spiro atoms. The lowest BCUT2D eigenvalue weighted by Crippen LogP contribution is -2.25. The van der Waals surface area contributed by atoms with Crippen LogP contribution in [-0.4, -0.2) is 18.3 Å². The first kappa shape index (κ1) is 9.76. The number of aliphatic hydroxyl groups is 1. The number of hydrogen-bond donors (Lipinski definition) is 1. The van der Waals surface area contributed by atoms with Crippen molar-refractivity contribution in [3.05, 3.63) is 4.91 Å². The van der Waals surface area contributed by atoms with Gasteiger partial charge in [0.15, 0.2) is 0 Å². The first-order valence-electron chi connectivity index (χ1n) is 6.23.